The molecule has 110 valence electrons. The second-order valence-corrected chi connectivity index (χ2v) is 5.00. The lowest BCUT2D eigenvalue weighted by Gasteiger charge is -2.11. The molecule has 0 spiro atoms. The highest BCUT2D eigenvalue weighted by Crippen LogP contribution is 2.21. The zero-order valence-corrected chi connectivity index (χ0v) is 12.8. The predicted octanol–water partition coefficient (Wildman–Crippen LogP) is 2.30. The normalized spacial score (nSPS) is 11.4. The van der Waals surface area contributed by atoms with Crippen LogP contribution in [0.15, 0.2) is 27.8 Å². The van der Waals surface area contributed by atoms with Crippen molar-refractivity contribution in [2.75, 3.05) is 18.5 Å². The lowest BCUT2D eigenvalue weighted by Crippen LogP contribution is -2.20. The number of benzene rings is 1. The monoisotopic (exact) mass is 343 g/mol. The number of nitrogens with one attached hydrogen (secondary N) is 1. The molecular formula is C13H18BrN3O3. The van der Waals surface area contributed by atoms with E-state index in [1.165, 1.54) is 0 Å². The molecule has 7 heteroatoms. The summed E-state index contributed by atoms with van der Waals surface area (Å²) in [6.07, 6.45) is 1.17. The molecule has 0 aromatic heterocycles. The molecule has 1 amide bonds. The first-order chi connectivity index (χ1) is 9.58. The van der Waals surface area contributed by atoms with E-state index in [1.54, 1.807) is 18.2 Å². The van der Waals surface area contributed by atoms with Gasteiger partial charge >= 0.3 is 0 Å². The number of hydrogen-bond acceptors (Lipinski definition) is 4. The maximum absolute atomic E-state index is 11.8. The third-order valence-corrected chi connectivity index (χ3v) is 2.95. The van der Waals surface area contributed by atoms with Crippen LogP contribution in [0.5, 0.6) is 0 Å². The molecule has 0 aliphatic carbocycles. The van der Waals surface area contributed by atoms with E-state index in [0.717, 1.165) is 10.9 Å². The van der Waals surface area contributed by atoms with Crippen molar-refractivity contribution in [2.45, 2.75) is 19.8 Å². The Balaban J connectivity index is 2.70. The van der Waals surface area contributed by atoms with E-state index in [2.05, 4.69) is 26.4 Å². The van der Waals surface area contributed by atoms with Gasteiger partial charge < -0.3 is 21.0 Å². The third-order valence-electron chi connectivity index (χ3n) is 2.46. The molecule has 20 heavy (non-hydrogen) atoms. The van der Waals surface area contributed by atoms with Gasteiger partial charge in [0.05, 0.1) is 18.7 Å². The molecule has 0 radical (unpaired) electrons. The zero-order chi connectivity index (χ0) is 15.0. The minimum Gasteiger partial charge on any atom is -0.409 e. The Kier molecular flexibility index (Phi) is 7.03. The van der Waals surface area contributed by atoms with Gasteiger partial charge in [0.15, 0.2) is 5.84 Å². The average molecular weight is 344 g/mol. The van der Waals surface area contributed by atoms with Crippen LogP contribution in [0.2, 0.25) is 0 Å². The molecule has 0 atom stereocenters. The summed E-state index contributed by atoms with van der Waals surface area (Å²) in [4.78, 5) is 11.8. The fraction of sp³-hybridized carbons (Fsp3) is 0.385. The summed E-state index contributed by atoms with van der Waals surface area (Å²) in [5, 5.41) is 14.4. The number of rotatable bonds is 7. The molecule has 1 aromatic carbocycles. The molecule has 0 fully saturated rings. The maximum Gasteiger partial charge on any atom is 0.226 e. The largest absolute Gasteiger partial charge is 0.409 e. The van der Waals surface area contributed by atoms with E-state index in [9.17, 15) is 4.79 Å². The Morgan fingerprint density at radius 3 is 2.90 bits per heavy atom. The summed E-state index contributed by atoms with van der Waals surface area (Å²) < 4.78 is 6.04. The summed E-state index contributed by atoms with van der Waals surface area (Å²) in [7, 11) is 0. The third kappa shape index (κ3) is 5.18. The highest BCUT2D eigenvalue weighted by Gasteiger charge is 2.10. The second-order valence-electron chi connectivity index (χ2n) is 4.09. The smallest absolute Gasteiger partial charge is 0.226 e. The van der Waals surface area contributed by atoms with Gasteiger partial charge in [-0.25, -0.2) is 0 Å². The van der Waals surface area contributed by atoms with E-state index in [0.29, 0.717) is 24.5 Å². The summed E-state index contributed by atoms with van der Waals surface area (Å²) in [5.74, 6) is -0.249. The van der Waals surface area contributed by atoms with Crippen LogP contribution in [0, 0.1) is 0 Å². The molecule has 6 nitrogen and oxygen atoms in total. The standard InChI is InChI=1S/C13H18BrN3O3/c1-2-6-20-7-5-12(18)16-11-8-9(14)3-4-10(11)13(15)17-19/h3-4,8,19H,2,5-7H2,1H3,(H2,15,17)(H,16,18). The second kappa shape index (κ2) is 8.55. The van der Waals surface area contributed by atoms with Gasteiger partial charge in [0.1, 0.15) is 0 Å². The number of halogens is 1. The Bertz CT molecular complexity index is 492. The highest BCUT2D eigenvalue weighted by molar-refractivity contribution is 9.10. The van der Waals surface area contributed by atoms with Crippen LogP contribution in [0.25, 0.3) is 0 Å². The van der Waals surface area contributed by atoms with Crippen LogP contribution in [0.3, 0.4) is 0 Å². The Morgan fingerprint density at radius 1 is 1.50 bits per heavy atom. The molecule has 0 aliphatic heterocycles. The zero-order valence-electron chi connectivity index (χ0n) is 11.2. The quantitative estimate of drug-likeness (QED) is 0.232. The van der Waals surface area contributed by atoms with Crippen molar-refractivity contribution in [3.05, 3.63) is 28.2 Å². The van der Waals surface area contributed by atoms with Gasteiger partial charge in [-0.2, -0.15) is 0 Å². The molecule has 1 aromatic rings. The van der Waals surface area contributed by atoms with Gasteiger partial charge in [-0.3, -0.25) is 4.79 Å². The van der Waals surface area contributed by atoms with E-state index < -0.39 is 0 Å². The van der Waals surface area contributed by atoms with Gasteiger partial charge in [-0.15, -0.1) is 0 Å². The fourth-order valence-electron chi connectivity index (χ4n) is 1.52. The number of oxime groups is 1. The van der Waals surface area contributed by atoms with Crippen molar-refractivity contribution in [3.8, 4) is 0 Å². The van der Waals surface area contributed by atoms with E-state index in [-0.39, 0.29) is 18.2 Å². The van der Waals surface area contributed by atoms with Gasteiger partial charge in [-0.1, -0.05) is 28.0 Å². The summed E-state index contributed by atoms with van der Waals surface area (Å²) in [5.41, 5.74) is 6.51. The molecule has 4 N–H and O–H groups in total. The van der Waals surface area contributed by atoms with Crippen molar-refractivity contribution in [2.24, 2.45) is 10.9 Å². The van der Waals surface area contributed by atoms with E-state index in [1.807, 2.05) is 6.92 Å². The fourth-order valence-corrected chi connectivity index (χ4v) is 1.88. The molecule has 0 bridgehead atoms. The molecule has 0 heterocycles. The molecule has 1 rings (SSSR count). The van der Waals surface area contributed by atoms with Gasteiger partial charge in [-0.05, 0) is 24.6 Å². The maximum atomic E-state index is 11.8. The molecule has 0 aliphatic rings. The first kappa shape index (κ1) is 16.5. The average Bonchev–Trinajstić information content (AvgIpc) is 2.43. The Labute approximate surface area is 126 Å². The van der Waals surface area contributed by atoms with Crippen molar-refractivity contribution in [1.29, 1.82) is 0 Å². The Hall–Kier alpha value is -1.60. The van der Waals surface area contributed by atoms with Crippen molar-refractivity contribution in [3.63, 3.8) is 0 Å². The van der Waals surface area contributed by atoms with Crippen LogP contribution in [0.4, 0.5) is 5.69 Å². The number of amidine groups is 1. The minimum absolute atomic E-state index is 0.0602. The van der Waals surface area contributed by atoms with Crippen LogP contribution in [-0.4, -0.2) is 30.2 Å². The lowest BCUT2D eigenvalue weighted by molar-refractivity contribution is -0.117. The Morgan fingerprint density at radius 2 is 2.25 bits per heavy atom. The number of hydrogen-bond donors (Lipinski definition) is 3. The first-order valence-corrected chi connectivity index (χ1v) is 7.02. The molecular weight excluding hydrogens is 326 g/mol. The number of carbonyl (C=O) groups is 1. The summed E-state index contributed by atoms with van der Waals surface area (Å²) in [6, 6.07) is 5.09. The first-order valence-electron chi connectivity index (χ1n) is 6.23. The number of anilines is 1. The number of amides is 1. The minimum atomic E-state index is -0.189. The molecule has 0 saturated heterocycles. The van der Waals surface area contributed by atoms with Crippen LogP contribution < -0.4 is 11.1 Å². The topological polar surface area (TPSA) is 96.9 Å². The molecule has 0 saturated carbocycles. The lowest BCUT2D eigenvalue weighted by atomic mass is 10.1. The van der Waals surface area contributed by atoms with Crippen LogP contribution in [0.1, 0.15) is 25.3 Å². The number of nitrogens with zero attached hydrogens (tertiary/aromatic N) is 1. The number of ether oxygens (including phenoxy) is 1. The van der Waals surface area contributed by atoms with Crippen LogP contribution >= 0.6 is 15.9 Å². The number of carbonyl (C=O) groups excluding carboxylic acids is 1. The predicted molar refractivity (Wildman–Crippen MR) is 81.0 cm³/mol. The number of nitrogens with two attached hydrogens (primary N) is 1. The summed E-state index contributed by atoms with van der Waals surface area (Å²) >= 11 is 3.31. The van der Waals surface area contributed by atoms with Crippen LogP contribution in [-0.2, 0) is 9.53 Å². The highest BCUT2D eigenvalue weighted by atomic mass is 79.9. The van der Waals surface area contributed by atoms with E-state index >= 15 is 0 Å². The van der Waals surface area contributed by atoms with Gasteiger partial charge in [0, 0.05) is 16.6 Å². The van der Waals surface area contributed by atoms with Gasteiger partial charge in [0.25, 0.3) is 0 Å². The SMILES string of the molecule is CCCOCCC(=O)Nc1cc(Br)ccc1/C(N)=N/O. The van der Waals surface area contributed by atoms with Crippen molar-refractivity contribution in [1.82, 2.24) is 0 Å². The summed E-state index contributed by atoms with van der Waals surface area (Å²) in [6.45, 7) is 3.01. The van der Waals surface area contributed by atoms with Crippen molar-refractivity contribution < 1.29 is 14.7 Å². The molecule has 0 unspecified atom stereocenters. The van der Waals surface area contributed by atoms with Gasteiger partial charge in [0.2, 0.25) is 5.91 Å². The van der Waals surface area contributed by atoms with Crippen molar-refractivity contribution >= 4 is 33.4 Å². The van der Waals surface area contributed by atoms with E-state index in [4.69, 9.17) is 15.7 Å².